The molecule has 2 aromatic carbocycles. The van der Waals surface area contributed by atoms with Crippen LogP contribution in [0, 0.1) is 10.1 Å². The number of anilines is 1. The number of thioether (sulfide) groups is 1. The van der Waals surface area contributed by atoms with Gasteiger partial charge in [-0.1, -0.05) is 30.0 Å². The van der Waals surface area contributed by atoms with E-state index in [4.69, 9.17) is 0 Å². The number of non-ortho nitro benzene ring substituents is 1. The maximum Gasteiger partial charge on any atom is 0.325 e. The lowest BCUT2D eigenvalue weighted by Crippen LogP contribution is -2.60. The number of nitrogens with one attached hydrogen (secondary N) is 1. The second kappa shape index (κ2) is 8.15. The van der Waals surface area contributed by atoms with Gasteiger partial charge in [-0.25, -0.2) is 4.90 Å². The van der Waals surface area contributed by atoms with Crippen LogP contribution in [0.15, 0.2) is 71.1 Å². The van der Waals surface area contributed by atoms with Crippen molar-refractivity contribution in [3.8, 4) is 11.3 Å². The Morgan fingerprint density at radius 2 is 2.03 bits per heavy atom. The molecular weight excluding hydrogens is 418 g/mol. The highest BCUT2D eigenvalue weighted by molar-refractivity contribution is 7.99. The normalized spacial score (nSPS) is 14.5. The van der Waals surface area contributed by atoms with Crippen LogP contribution in [-0.4, -0.2) is 26.7 Å². The van der Waals surface area contributed by atoms with Crippen LogP contribution in [0.2, 0.25) is 0 Å². The number of carbonyl (C=O) groups excluding carboxylic acids is 1. The molecule has 0 saturated heterocycles. The Morgan fingerprint density at radius 1 is 1.32 bits per heavy atom. The van der Waals surface area contributed by atoms with E-state index in [1.807, 2.05) is 0 Å². The second-order valence-electron chi connectivity index (χ2n) is 6.78. The van der Waals surface area contributed by atoms with Gasteiger partial charge in [0.25, 0.3) is 11.9 Å². The van der Waals surface area contributed by atoms with Crippen molar-refractivity contribution in [2.75, 3.05) is 10.7 Å². The number of carbonyl (C=O) groups is 1. The summed E-state index contributed by atoms with van der Waals surface area (Å²) in [6.45, 7) is 5.11. The van der Waals surface area contributed by atoms with Crippen LogP contribution in [-0.2, 0) is 4.79 Å². The van der Waals surface area contributed by atoms with Crippen molar-refractivity contribution in [1.29, 1.82) is 0 Å². The number of aromatic amines is 1. The fourth-order valence-corrected chi connectivity index (χ4v) is 4.17. The highest BCUT2D eigenvalue weighted by atomic mass is 32.2. The zero-order chi connectivity index (χ0) is 22.1. The van der Waals surface area contributed by atoms with Gasteiger partial charge in [0.15, 0.2) is 0 Å². The van der Waals surface area contributed by atoms with Crippen molar-refractivity contribution in [2.45, 2.75) is 18.2 Å². The number of H-pyrrole nitrogens is 1. The predicted molar refractivity (Wildman–Crippen MR) is 116 cm³/mol. The van der Waals surface area contributed by atoms with Gasteiger partial charge in [-0.15, -0.1) is 6.58 Å². The molecule has 9 nitrogen and oxygen atoms in total. The minimum atomic E-state index is -0.784. The molecule has 3 aromatic rings. The number of benzene rings is 2. The molecule has 0 saturated carbocycles. The number of aromatic nitrogens is 3. The Kier molecular flexibility index (Phi) is 5.38. The van der Waals surface area contributed by atoms with Crippen molar-refractivity contribution in [3.05, 3.63) is 87.2 Å². The summed E-state index contributed by atoms with van der Waals surface area (Å²) >= 11 is 1.30. The SMILES string of the molecule is C=CCSc1n[n+]2c(c(=O)[nH]1)-c1ccccc1N(C(C)=O)C2c1ccc([N+](=O)[O-])cc1. The van der Waals surface area contributed by atoms with Crippen LogP contribution < -0.4 is 15.1 Å². The molecule has 4 rings (SSSR count). The predicted octanol–water partition coefficient (Wildman–Crippen LogP) is 2.82. The quantitative estimate of drug-likeness (QED) is 0.216. The third-order valence-electron chi connectivity index (χ3n) is 4.84. The molecule has 10 heteroatoms. The number of para-hydroxylation sites is 1. The fourth-order valence-electron chi connectivity index (χ4n) is 3.58. The molecule has 0 bridgehead atoms. The first-order chi connectivity index (χ1) is 14.9. The molecule has 156 valence electrons. The van der Waals surface area contributed by atoms with E-state index in [9.17, 15) is 19.7 Å². The maximum absolute atomic E-state index is 13.1. The number of hydrogen-bond acceptors (Lipinski definition) is 6. The molecule has 1 amide bonds. The average molecular weight is 436 g/mol. The van der Waals surface area contributed by atoms with Crippen LogP contribution in [0.1, 0.15) is 18.7 Å². The zero-order valence-electron chi connectivity index (χ0n) is 16.5. The van der Waals surface area contributed by atoms with E-state index in [1.54, 1.807) is 42.5 Å². The van der Waals surface area contributed by atoms with Crippen LogP contribution in [0.3, 0.4) is 0 Å². The Labute approximate surface area is 181 Å². The molecule has 1 aliphatic rings. The maximum atomic E-state index is 13.1. The summed E-state index contributed by atoms with van der Waals surface area (Å²) in [7, 11) is 0. The van der Waals surface area contributed by atoms with Gasteiger partial charge in [0.1, 0.15) is 0 Å². The van der Waals surface area contributed by atoms with Gasteiger partial charge < -0.3 is 0 Å². The van der Waals surface area contributed by atoms with Crippen molar-refractivity contribution in [1.82, 2.24) is 10.1 Å². The smallest absolute Gasteiger partial charge is 0.291 e. The molecule has 1 unspecified atom stereocenters. The van der Waals surface area contributed by atoms with E-state index in [1.165, 1.54) is 40.4 Å². The zero-order valence-corrected chi connectivity index (χ0v) is 17.3. The fraction of sp³-hybridized carbons (Fsp3) is 0.143. The van der Waals surface area contributed by atoms with Gasteiger partial charge in [0.2, 0.25) is 11.1 Å². The summed E-state index contributed by atoms with van der Waals surface area (Å²) in [5.74, 6) is 0.286. The van der Waals surface area contributed by atoms with E-state index in [-0.39, 0.29) is 17.2 Å². The Morgan fingerprint density at radius 3 is 2.68 bits per heavy atom. The molecule has 31 heavy (non-hydrogen) atoms. The molecule has 1 atom stereocenters. The molecular formula is C21H18N5O4S+. The second-order valence-corrected chi connectivity index (χ2v) is 7.79. The molecule has 0 aliphatic carbocycles. The molecule has 0 radical (unpaired) electrons. The van der Waals surface area contributed by atoms with E-state index < -0.39 is 11.1 Å². The Balaban J connectivity index is 2.00. The third-order valence-corrected chi connectivity index (χ3v) is 5.70. The topological polar surface area (TPSA) is 113 Å². The van der Waals surface area contributed by atoms with Crippen LogP contribution >= 0.6 is 11.8 Å². The summed E-state index contributed by atoms with van der Waals surface area (Å²) in [5, 5.41) is 16.1. The number of fused-ring (bicyclic) bond motifs is 3. The summed E-state index contributed by atoms with van der Waals surface area (Å²) in [6.07, 6.45) is 0.910. The molecule has 0 spiro atoms. The summed E-state index contributed by atoms with van der Waals surface area (Å²) in [4.78, 5) is 40.7. The highest BCUT2D eigenvalue weighted by Crippen LogP contribution is 2.37. The van der Waals surface area contributed by atoms with Crippen LogP contribution in [0.5, 0.6) is 0 Å². The Bertz CT molecular complexity index is 1260. The molecule has 1 N–H and O–H groups in total. The molecule has 0 fully saturated rings. The van der Waals surface area contributed by atoms with E-state index >= 15 is 0 Å². The van der Waals surface area contributed by atoms with Gasteiger partial charge in [0, 0.05) is 35.5 Å². The third kappa shape index (κ3) is 3.61. The highest BCUT2D eigenvalue weighted by Gasteiger charge is 2.44. The number of nitrogens with zero attached hydrogens (tertiary/aromatic N) is 4. The minimum absolute atomic E-state index is 0.0688. The van der Waals surface area contributed by atoms with E-state index in [2.05, 4.69) is 16.7 Å². The van der Waals surface area contributed by atoms with E-state index in [0.717, 1.165) is 0 Å². The standard InChI is InChI=1S/C21H17N5O4S/c1-3-12-31-21-22-19(28)18-16-6-4-5-7-17(16)24(13(2)27)20(25(18)23-21)14-8-10-15(11-9-14)26(29)30/h3-11,20H,1,12H2,2H3/p+1. The Hall–Kier alpha value is -3.79. The van der Waals surface area contributed by atoms with Gasteiger partial charge in [-0.2, -0.15) is 0 Å². The van der Waals surface area contributed by atoms with Crippen molar-refractivity contribution in [3.63, 3.8) is 0 Å². The number of hydrogen-bond donors (Lipinski definition) is 1. The van der Waals surface area contributed by atoms with Gasteiger partial charge in [-0.05, 0) is 28.9 Å². The number of amides is 1. The van der Waals surface area contributed by atoms with Crippen molar-refractivity contribution < 1.29 is 14.4 Å². The van der Waals surface area contributed by atoms with Gasteiger partial charge >= 0.3 is 11.3 Å². The van der Waals surface area contributed by atoms with Crippen molar-refractivity contribution >= 4 is 29.0 Å². The summed E-state index contributed by atoms with van der Waals surface area (Å²) in [6, 6.07) is 13.0. The monoisotopic (exact) mass is 436 g/mol. The van der Waals surface area contributed by atoms with Gasteiger partial charge in [-0.3, -0.25) is 24.7 Å². The first-order valence-electron chi connectivity index (χ1n) is 9.35. The van der Waals surface area contributed by atoms with Crippen LogP contribution in [0.4, 0.5) is 11.4 Å². The van der Waals surface area contributed by atoms with E-state index in [0.29, 0.717) is 33.4 Å². The lowest BCUT2D eigenvalue weighted by molar-refractivity contribution is -0.763. The number of nitro benzene ring substituents is 1. The average Bonchev–Trinajstić information content (AvgIpc) is 2.76. The summed E-state index contributed by atoms with van der Waals surface area (Å²) < 4.78 is 1.51. The molecule has 1 aliphatic heterocycles. The van der Waals surface area contributed by atoms with Crippen molar-refractivity contribution in [2.24, 2.45) is 0 Å². The number of rotatable bonds is 5. The molecule has 1 aromatic heterocycles. The molecule has 2 heterocycles. The lowest BCUT2D eigenvalue weighted by atomic mass is 10.0. The number of nitro groups is 1. The largest absolute Gasteiger partial charge is 0.325 e. The minimum Gasteiger partial charge on any atom is -0.291 e. The first kappa shape index (κ1) is 20.5. The lowest BCUT2D eigenvalue weighted by Gasteiger charge is -2.31. The first-order valence-corrected chi connectivity index (χ1v) is 10.3. The summed E-state index contributed by atoms with van der Waals surface area (Å²) in [5.41, 5.74) is 1.62. The van der Waals surface area contributed by atoms with Gasteiger partial charge in [0.05, 0.1) is 16.2 Å². The van der Waals surface area contributed by atoms with Crippen LogP contribution in [0.25, 0.3) is 11.3 Å².